The highest BCUT2D eigenvalue weighted by Crippen LogP contribution is 2.38. The van der Waals surface area contributed by atoms with E-state index in [4.69, 9.17) is 9.47 Å². The number of rotatable bonds is 8. The zero-order valence-electron chi connectivity index (χ0n) is 18.6. The van der Waals surface area contributed by atoms with Gasteiger partial charge in [-0.1, -0.05) is 0 Å². The summed E-state index contributed by atoms with van der Waals surface area (Å²) in [6, 6.07) is 7.85. The Morgan fingerprint density at radius 2 is 1.66 bits per heavy atom. The molecule has 0 aliphatic carbocycles. The largest absolute Gasteiger partial charge is 0.573 e. The molecule has 0 bridgehead atoms. The summed E-state index contributed by atoms with van der Waals surface area (Å²) in [5.74, 6) is -0.555. The van der Waals surface area contributed by atoms with Gasteiger partial charge in [0.15, 0.2) is 15.9 Å². The van der Waals surface area contributed by atoms with Crippen LogP contribution in [0.2, 0.25) is 0 Å². The molecule has 3 rings (SSSR count). The van der Waals surface area contributed by atoms with Crippen LogP contribution in [0.15, 0.2) is 47.4 Å². The van der Waals surface area contributed by atoms with Crippen LogP contribution >= 0.6 is 0 Å². The number of nitrogens with one attached hydrogen (secondary N) is 1. The van der Waals surface area contributed by atoms with Crippen molar-refractivity contribution >= 4 is 9.84 Å². The monoisotopic (exact) mass is 527 g/mol. The molecular weight excluding hydrogens is 504 g/mol. The maximum atomic E-state index is 13.1. The Morgan fingerprint density at radius 3 is 2.23 bits per heavy atom. The number of hydrogen-bond acceptors (Lipinski definition) is 6. The second kappa shape index (κ2) is 10.1. The zero-order valence-corrected chi connectivity index (χ0v) is 19.4. The van der Waals surface area contributed by atoms with Crippen LogP contribution in [0.3, 0.4) is 0 Å². The third-order valence-corrected chi connectivity index (χ3v) is 6.49. The van der Waals surface area contributed by atoms with Gasteiger partial charge in [-0.15, -0.1) is 13.2 Å². The summed E-state index contributed by atoms with van der Waals surface area (Å²) < 4.78 is 115. The van der Waals surface area contributed by atoms with Crippen LogP contribution in [-0.4, -0.2) is 46.5 Å². The molecule has 2 aromatic carbocycles. The Morgan fingerprint density at radius 1 is 1.03 bits per heavy atom. The molecule has 1 aliphatic heterocycles. The van der Waals surface area contributed by atoms with Gasteiger partial charge in [-0.25, -0.2) is 8.42 Å². The quantitative estimate of drug-likeness (QED) is 0.485. The summed E-state index contributed by atoms with van der Waals surface area (Å²) >= 11 is 0. The number of halogens is 6. The highest BCUT2D eigenvalue weighted by atomic mass is 32.2. The molecule has 2 aromatic rings. The second-order valence-electron chi connectivity index (χ2n) is 8.08. The van der Waals surface area contributed by atoms with Crippen LogP contribution < -0.4 is 19.5 Å². The standard InChI is InChI=1S/C22H23F6NO5S/c1-13(21(23,24)25)33-19-8-7-17(35(2,30)31)11-18(19)20-14(9-10-29-20)12-32-15-3-5-16(6-4-15)34-22(26,27)28/h3-8,11,13-14,20,29H,9-10,12H2,1-2H3/t13-,14?,20?/m0/s1. The van der Waals surface area contributed by atoms with E-state index in [1.807, 2.05) is 0 Å². The van der Waals surface area contributed by atoms with Gasteiger partial charge < -0.3 is 19.5 Å². The number of hydrogen-bond donors (Lipinski definition) is 1. The number of alkyl halides is 6. The van der Waals surface area contributed by atoms with Crippen molar-refractivity contribution in [3.8, 4) is 17.2 Å². The lowest BCUT2D eigenvalue weighted by molar-refractivity contribution is -0.274. The summed E-state index contributed by atoms with van der Waals surface area (Å²) in [5, 5.41) is 3.14. The summed E-state index contributed by atoms with van der Waals surface area (Å²) in [6.45, 7) is 1.39. The summed E-state index contributed by atoms with van der Waals surface area (Å²) in [5.41, 5.74) is 0.240. The smallest absolute Gasteiger partial charge is 0.493 e. The Labute approximate surface area is 198 Å². The van der Waals surface area contributed by atoms with Crippen LogP contribution in [0.25, 0.3) is 0 Å². The fourth-order valence-corrected chi connectivity index (χ4v) is 4.26. The molecule has 2 unspecified atom stereocenters. The molecule has 1 N–H and O–H groups in total. The molecule has 0 saturated carbocycles. The van der Waals surface area contributed by atoms with E-state index >= 15 is 0 Å². The first kappa shape index (κ1) is 26.9. The highest BCUT2D eigenvalue weighted by Gasteiger charge is 2.39. The van der Waals surface area contributed by atoms with E-state index in [1.54, 1.807) is 0 Å². The SMILES string of the molecule is C[C@H](Oc1ccc(S(C)(=O)=O)cc1C1NCCC1COc1ccc(OC(F)(F)F)cc1)C(F)(F)F. The van der Waals surface area contributed by atoms with Crippen molar-refractivity contribution in [2.24, 2.45) is 5.92 Å². The van der Waals surface area contributed by atoms with Crippen LogP contribution in [0.5, 0.6) is 17.2 Å². The second-order valence-corrected chi connectivity index (χ2v) is 10.1. The first-order valence-electron chi connectivity index (χ1n) is 10.4. The number of sulfone groups is 1. The van der Waals surface area contributed by atoms with Gasteiger partial charge in [0.25, 0.3) is 0 Å². The van der Waals surface area contributed by atoms with Gasteiger partial charge in [0, 0.05) is 23.8 Å². The van der Waals surface area contributed by atoms with E-state index in [0.717, 1.165) is 25.3 Å². The lowest BCUT2D eigenvalue weighted by Crippen LogP contribution is -2.32. The topological polar surface area (TPSA) is 73.9 Å². The lowest BCUT2D eigenvalue weighted by Gasteiger charge is -2.25. The average molecular weight is 527 g/mol. The fourth-order valence-electron chi connectivity index (χ4n) is 3.61. The van der Waals surface area contributed by atoms with E-state index < -0.39 is 40.3 Å². The average Bonchev–Trinajstić information content (AvgIpc) is 3.19. The van der Waals surface area contributed by atoms with Gasteiger partial charge in [0.2, 0.25) is 0 Å². The normalized spacial score (nSPS) is 19.9. The minimum Gasteiger partial charge on any atom is -0.493 e. The van der Waals surface area contributed by atoms with Crippen molar-refractivity contribution in [2.75, 3.05) is 19.4 Å². The zero-order chi connectivity index (χ0) is 26.0. The third-order valence-electron chi connectivity index (χ3n) is 5.38. The summed E-state index contributed by atoms with van der Waals surface area (Å²) in [6.07, 6.45) is -10.0. The van der Waals surface area contributed by atoms with E-state index in [-0.39, 0.29) is 34.5 Å². The van der Waals surface area contributed by atoms with Gasteiger partial charge in [0.05, 0.1) is 11.5 Å². The Balaban J connectivity index is 1.80. The van der Waals surface area contributed by atoms with Crippen molar-refractivity contribution in [2.45, 2.75) is 42.9 Å². The molecule has 1 fully saturated rings. The molecule has 0 amide bonds. The summed E-state index contributed by atoms with van der Waals surface area (Å²) in [4.78, 5) is -0.0758. The highest BCUT2D eigenvalue weighted by molar-refractivity contribution is 7.90. The molecule has 35 heavy (non-hydrogen) atoms. The van der Waals surface area contributed by atoms with Crippen LogP contribution in [0.1, 0.15) is 24.9 Å². The molecular formula is C22H23F6NO5S. The molecule has 194 valence electrons. The van der Waals surface area contributed by atoms with Gasteiger partial charge in [-0.3, -0.25) is 0 Å². The van der Waals surface area contributed by atoms with Gasteiger partial charge in [-0.2, -0.15) is 13.2 Å². The molecule has 13 heteroatoms. The maximum absolute atomic E-state index is 13.1. The fraction of sp³-hybridized carbons (Fsp3) is 0.455. The molecule has 3 atom stereocenters. The molecule has 1 aliphatic rings. The van der Waals surface area contributed by atoms with Crippen LogP contribution in [-0.2, 0) is 9.84 Å². The van der Waals surface area contributed by atoms with Crippen molar-refractivity contribution in [1.29, 1.82) is 0 Å². The van der Waals surface area contributed by atoms with Crippen molar-refractivity contribution in [1.82, 2.24) is 5.32 Å². The molecule has 0 radical (unpaired) electrons. The predicted molar refractivity (Wildman–Crippen MR) is 113 cm³/mol. The van der Waals surface area contributed by atoms with E-state index in [0.29, 0.717) is 13.0 Å². The minimum atomic E-state index is -4.82. The Hall–Kier alpha value is -2.67. The first-order valence-corrected chi connectivity index (χ1v) is 12.3. The molecule has 1 heterocycles. The molecule has 0 aromatic heterocycles. The maximum Gasteiger partial charge on any atom is 0.573 e. The van der Waals surface area contributed by atoms with Gasteiger partial charge in [-0.05, 0) is 62.4 Å². The van der Waals surface area contributed by atoms with E-state index in [9.17, 15) is 34.8 Å². The van der Waals surface area contributed by atoms with Gasteiger partial charge in [0.1, 0.15) is 17.2 Å². The van der Waals surface area contributed by atoms with Crippen molar-refractivity contribution < 1.29 is 49.0 Å². The van der Waals surface area contributed by atoms with Crippen molar-refractivity contribution in [3.63, 3.8) is 0 Å². The van der Waals surface area contributed by atoms with Crippen molar-refractivity contribution in [3.05, 3.63) is 48.0 Å². The third kappa shape index (κ3) is 7.40. The number of ether oxygens (including phenoxy) is 3. The Kier molecular flexibility index (Phi) is 7.80. The van der Waals surface area contributed by atoms with Gasteiger partial charge >= 0.3 is 12.5 Å². The molecule has 0 spiro atoms. The van der Waals surface area contributed by atoms with E-state index in [1.165, 1.54) is 30.3 Å². The Bertz CT molecular complexity index is 1120. The molecule has 6 nitrogen and oxygen atoms in total. The number of benzene rings is 2. The lowest BCUT2D eigenvalue weighted by atomic mass is 9.94. The van der Waals surface area contributed by atoms with Crippen LogP contribution in [0, 0.1) is 5.92 Å². The minimum absolute atomic E-state index is 0.0640. The predicted octanol–water partition coefficient (Wildman–Crippen LogP) is 5.05. The van der Waals surface area contributed by atoms with E-state index in [2.05, 4.69) is 10.1 Å². The first-order chi connectivity index (χ1) is 16.1. The van der Waals surface area contributed by atoms with Crippen LogP contribution in [0.4, 0.5) is 26.3 Å². The summed E-state index contributed by atoms with van der Waals surface area (Å²) in [7, 11) is -3.65. The molecule has 1 saturated heterocycles.